The van der Waals surface area contributed by atoms with E-state index < -0.39 is 16.1 Å². The van der Waals surface area contributed by atoms with Crippen LogP contribution in [-0.4, -0.2) is 32.7 Å². The van der Waals surface area contributed by atoms with Gasteiger partial charge in [-0.3, -0.25) is 0 Å². The quantitative estimate of drug-likeness (QED) is 0.710. The number of likely N-dealkylation sites (N-methyl/N-ethyl adjacent to an activating group) is 1. The van der Waals surface area contributed by atoms with Crippen molar-refractivity contribution < 1.29 is 13.5 Å². The van der Waals surface area contributed by atoms with Crippen molar-refractivity contribution in [2.45, 2.75) is 42.7 Å². The van der Waals surface area contributed by atoms with Crippen LogP contribution >= 0.6 is 0 Å². The van der Waals surface area contributed by atoms with Crippen molar-refractivity contribution in [1.29, 1.82) is 0 Å². The molecule has 0 bridgehead atoms. The summed E-state index contributed by atoms with van der Waals surface area (Å²) >= 11 is 0. The third-order valence-electron chi connectivity index (χ3n) is 3.84. The summed E-state index contributed by atoms with van der Waals surface area (Å²) < 4.78 is 22.9. The number of sulfonamides is 1. The fourth-order valence-corrected chi connectivity index (χ4v) is 3.29. The molecule has 6 nitrogen and oxygen atoms in total. The Hall–Kier alpha value is -1.31. The van der Waals surface area contributed by atoms with E-state index in [0.29, 0.717) is 11.4 Å². The summed E-state index contributed by atoms with van der Waals surface area (Å²) in [6.45, 7) is 0. The van der Waals surface area contributed by atoms with Gasteiger partial charge in [-0.05, 0) is 31.0 Å². The topological polar surface area (TPSA) is 110 Å². The Kier molecular flexibility index (Phi) is 4.22. The van der Waals surface area contributed by atoms with Gasteiger partial charge in [-0.15, -0.1) is 0 Å². The number of benzene rings is 1. The molecule has 0 saturated heterocycles. The van der Waals surface area contributed by atoms with Gasteiger partial charge in [-0.25, -0.2) is 13.6 Å². The van der Waals surface area contributed by atoms with Crippen molar-refractivity contribution in [3.8, 4) is 0 Å². The highest BCUT2D eigenvalue weighted by atomic mass is 32.2. The number of nitrogens with zero attached hydrogens (tertiary/aromatic N) is 1. The maximum Gasteiger partial charge on any atom is 0.238 e. The molecule has 1 aliphatic carbocycles. The summed E-state index contributed by atoms with van der Waals surface area (Å²) in [6, 6.07) is 4.49. The van der Waals surface area contributed by atoms with Crippen molar-refractivity contribution in [3.63, 3.8) is 0 Å². The number of hydrogen-bond donors (Lipinski definition) is 3. The van der Waals surface area contributed by atoms with Crippen LogP contribution in [0.3, 0.4) is 0 Å². The number of aliphatic hydroxyl groups excluding tert-OH is 1. The number of nitrogens with two attached hydrogens (primary N) is 2. The summed E-state index contributed by atoms with van der Waals surface area (Å²) in [4.78, 5) is 1.87. The smallest absolute Gasteiger partial charge is 0.238 e. The van der Waals surface area contributed by atoms with Gasteiger partial charge in [0.15, 0.2) is 0 Å². The van der Waals surface area contributed by atoms with Gasteiger partial charge in [0.25, 0.3) is 0 Å². The molecule has 20 heavy (non-hydrogen) atoms. The molecule has 1 fully saturated rings. The minimum atomic E-state index is -3.79. The van der Waals surface area contributed by atoms with Crippen LogP contribution in [-0.2, 0) is 10.0 Å². The number of nitrogen functional groups attached to an aromatic ring is 1. The Balaban J connectivity index is 2.34. The molecule has 2 unspecified atom stereocenters. The highest BCUT2D eigenvalue weighted by molar-refractivity contribution is 7.89. The van der Waals surface area contributed by atoms with Crippen molar-refractivity contribution >= 4 is 21.4 Å². The number of hydrogen-bond acceptors (Lipinski definition) is 5. The molecule has 5 N–H and O–H groups in total. The molecule has 2 atom stereocenters. The minimum absolute atomic E-state index is 0.00958. The summed E-state index contributed by atoms with van der Waals surface area (Å²) in [5.41, 5.74) is 6.74. The van der Waals surface area contributed by atoms with E-state index in [9.17, 15) is 13.5 Å². The van der Waals surface area contributed by atoms with E-state index in [4.69, 9.17) is 10.9 Å². The molecule has 0 spiro atoms. The van der Waals surface area contributed by atoms with Gasteiger partial charge in [-0.2, -0.15) is 0 Å². The fourth-order valence-electron chi connectivity index (χ4n) is 2.71. The Morgan fingerprint density at radius 3 is 2.50 bits per heavy atom. The molecule has 112 valence electrons. The Morgan fingerprint density at radius 2 is 1.90 bits per heavy atom. The van der Waals surface area contributed by atoms with Crippen LogP contribution in [0.2, 0.25) is 0 Å². The zero-order valence-corrected chi connectivity index (χ0v) is 12.3. The van der Waals surface area contributed by atoms with Crippen LogP contribution in [0.4, 0.5) is 11.4 Å². The normalized spacial score (nSPS) is 23.6. The van der Waals surface area contributed by atoms with Crippen LogP contribution in [0.15, 0.2) is 23.1 Å². The van der Waals surface area contributed by atoms with E-state index in [0.717, 1.165) is 25.7 Å². The molecular weight excluding hydrogens is 278 g/mol. The second-order valence-corrected chi connectivity index (χ2v) is 6.90. The third-order valence-corrected chi connectivity index (χ3v) is 4.73. The van der Waals surface area contributed by atoms with Crippen molar-refractivity contribution in [2.24, 2.45) is 5.14 Å². The molecule has 1 saturated carbocycles. The van der Waals surface area contributed by atoms with Crippen LogP contribution in [0.1, 0.15) is 25.7 Å². The van der Waals surface area contributed by atoms with Gasteiger partial charge < -0.3 is 15.7 Å². The molecule has 0 amide bonds. The fraction of sp³-hybridized carbons (Fsp3) is 0.538. The zero-order valence-electron chi connectivity index (χ0n) is 11.5. The van der Waals surface area contributed by atoms with Gasteiger partial charge in [-0.1, -0.05) is 12.8 Å². The number of primary sulfonamides is 1. The average Bonchev–Trinajstić information content (AvgIpc) is 2.37. The molecule has 2 rings (SSSR count). The SMILES string of the molecule is CN(c1cc(N)cc(S(N)(=O)=O)c1)C1CCCCC1O. The third kappa shape index (κ3) is 3.23. The van der Waals surface area contributed by atoms with Crippen LogP contribution < -0.4 is 15.8 Å². The average molecular weight is 299 g/mol. The zero-order chi connectivity index (χ0) is 14.9. The van der Waals surface area contributed by atoms with E-state index in [1.807, 2.05) is 11.9 Å². The highest BCUT2D eigenvalue weighted by Crippen LogP contribution is 2.29. The van der Waals surface area contributed by atoms with Gasteiger partial charge in [0, 0.05) is 18.4 Å². The lowest BCUT2D eigenvalue weighted by Crippen LogP contribution is -2.43. The predicted molar refractivity (Wildman–Crippen MR) is 78.9 cm³/mol. The standard InChI is InChI=1S/C13H21N3O3S/c1-16(12-4-2-3-5-13(12)17)10-6-9(14)7-11(8-10)20(15,18)19/h6-8,12-13,17H,2-5,14H2,1H3,(H2,15,18,19). The molecule has 0 radical (unpaired) electrons. The maximum absolute atomic E-state index is 11.5. The first-order valence-electron chi connectivity index (χ1n) is 6.63. The van der Waals surface area contributed by atoms with Crippen molar-refractivity contribution in [1.82, 2.24) is 0 Å². The molecule has 0 aromatic heterocycles. The van der Waals surface area contributed by atoms with E-state index in [2.05, 4.69) is 0 Å². The summed E-state index contributed by atoms with van der Waals surface area (Å²) in [6.07, 6.45) is 3.30. The second kappa shape index (κ2) is 5.59. The van der Waals surface area contributed by atoms with Crippen molar-refractivity contribution in [3.05, 3.63) is 18.2 Å². The van der Waals surface area contributed by atoms with E-state index in [1.165, 1.54) is 12.1 Å². The Bertz CT molecular complexity index is 589. The molecule has 1 aromatic rings. The Morgan fingerprint density at radius 1 is 1.25 bits per heavy atom. The van der Waals surface area contributed by atoms with E-state index in [-0.39, 0.29) is 10.9 Å². The summed E-state index contributed by atoms with van der Waals surface area (Å²) in [5.74, 6) is 0. The largest absolute Gasteiger partial charge is 0.399 e. The lowest BCUT2D eigenvalue weighted by atomic mass is 9.91. The molecule has 0 aliphatic heterocycles. The molecule has 1 aliphatic rings. The predicted octanol–water partition coefficient (Wildman–Crippen LogP) is 0.656. The lowest BCUT2D eigenvalue weighted by Gasteiger charge is -2.36. The van der Waals surface area contributed by atoms with Crippen LogP contribution in [0.5, 0.6) is 0 Å². The monoisotopic (exact) mass is 299 g/mol. The number of aliphatic hydroxyl groups is 1. The molecular formula is C13H21N3O3S. The Labute approximate surface area is 119 Å². The molecule has 0 heterocycles. The highest BCUT2D eigenvalue weighted by Gasteiger charge is 2.27. The van der Waals surface area contributed by atoms with Gasteiger partial charge in [0.05, 0.1) is 17.0 Å². The molecule has 1 aromatic carbocycles. The molecule has 7 heteroatoms. The summed E-state index contributed by atoms with van der Waals surface area (Å²) in [5, 5.41) is 15.2. The maximum atomic E-state index is 11.5. The number of rotatable bonds is 3. The summed E-state index contributed by atoms with van der Waals surface area (Å²) in [7, 11) is -1.96. The van der Waals surface area contributed by atoms with Gasteiger partial charge >= 0.3 is 0 Å². The first-order valence-corrected chi connectivity index (χ1v) is 8.18. The van der Waals surface area contributed by atoms with Gasteiger partial charge in [0.2, 0.25) is 10.0 Å². The van der Waals surface area contributed by atoms with Crippen LogP contribution in [0.25, 0.3) is 0 Å². The van der Waals surface area contributed by atoms with E-state index >= 15 is 0 Å². The van der Waals surface area contributed by atoms with E-state index in [1.54, 1.807) is 6.07 Å². The minimum Gasteiger partial charge on any atom is -0.399 e. The second-order valence-electron chi connectivity index (χ2n) is 5.34. The first-order chi connectivity index (χ1) is 9.29. The number of anilines is 2. The van der Waals surface area contributed by atoms with Gasteiger partial charge in [0.1, 0.15) is 0 Å². The van der Waals surface area contributed by atoms with Crippen LogP contribution in [0, 0.1) is 0 Å². The van der Waals surface area contributed by atoms with Crippen molar-refractivity contribution in [2.75, 3.05) is 17.7 Å². The first kappa shape index (κ1) is 15.1. The lowest BCUT2D eigenvalue weighted by molar-refractivity contribution is 0.106.